The number of nitrogens with one attached hydrogen (secondary N) is 1. The number of hydrogen-bond donors (Lipinski definition) is 1. The van der Waals surface area contributed by atoms with Crippen molar-refractivity contribution in [3.05, 3.63) is 59.1 Å². The van der Waals surface area contributed by atoms with Crippen LogP contribution < -0.4 is 14.8 Å². The first kappa shape index (κ1) is 17.2. The predicted octanol–water partition coefficient (Wildman–Crippen LogP) is 3.48. The van der Waals surface area contributed by atoms with Crippen LogP contribution >= 0.6 is 11.6 Å². The third-order valence-corrected chi connectivity index (χ3v) is 3.70. The molecular formula is C18H20ClNO3. The highest BCUT2D eigenvalue weighted by molar-refractivity contribution is 6.31. The molecule has 122 valence electrons. The third kappa shape index (κ3) is 5.49. The summed E-state index contributed by atoms with van der Waals surface area (Å²) in [6.07, 6.45) is 1.65. The second kappa shape index (κ2) is 9.06. The zero-order valence-electron chi connectivity index (χ0n) is 13.0. The lowest BCUT2D eigenvalue weighted by atomic mass is 10.1. The van der Waals surface area contributed by atoms with E-state index < -0.39 is 0 Å². The van der Waals surface area contributed by atoms with Crippen LogP contribution in [0.1, 0.15) is 12.0 Å². The highest BCUT2D eigenvalue weighted by atomic mass is 35.5. The fraction of sp³-hybridized carbons (Fsp3) is 0.278. The van der Waals surface area contributed by atoms with Gasteiger partial charge in [0.25, 0.3) is 5.91 Å². The van der Waals surface area contributed by atoms with Crippen molar-refractivity contribution in [2.24, 2.45) is 0 Å². The molecule has 2 aromatic rings. The molecule has 1 N–H and O–H groups in total. The van der Waals surface area contributed by atoms with E-state index in [1.807, 2.05) is 36.4 Å². The maximum atomic E-state index is 11.8. The minimum absolute atomic E-state index is 0.0353. The number of methoxy groups -OCH3 is 1. The normalized spacial score (nSPS) is 10.2. The van der Waals surface area contributed by atoms with Crippen LogP contribution in [0.4, 0.5) is 0 Å². The quantitative estimate of drug-likeness (QED) is 0.752. The summed E-state index contributed by atoms with van der Waals surface area (Å²) in [6.45, 7) is 0.547. The summed E-state index contributed by atoms with van der Waals surface area (Å²) < 4.78 is 10.6. The van der Waals surface area contributed by atoms with Gasteiger partial charge in [-0.05, 0) is 36.6 Å². The van der Waals surface area contributed by atoms with Crippen molar-refractivity contribution >= 4 is 17.5 Å². The summed E-state index contributed by atoms with van der Waals surface area (Å²) in [7, 11) is 1.57. The highest BCUT2D eigenvalue weighted by Gasteiger charge is 2.06. The first-order chi connectivity index (χ1) is 11.2. The molecule has 0 saturated carbocycles. The summed E-state index contributed by atoms with van der Waals surface area (Å²) in [4.78, 5) is 11.8. The molecule has 0 radical (unpaired) electrons. The van der Waals surface area contributed by atoms with E-state index in [1.54, 1.807) is 19.2 Å². The monoisotopic (exact) mass is 333 g/mol. The van der Waals surface area contributed by atoms with Gasteiger partial charge < -0.3 is 14.8 Å². The van der Waals surface area contributed by atoms with Crippen LogP contribution in [0.2, 0.25) is 5.02 Å². The van der Waals surface area contributed by atoms with Gasteiger partial charge in [0, 0.05) is 11.6 Å². The van der Waals surface area contributed by atoms with E-state index in [1.165, 1.54) is 0 Å². The molecule has 2 aromatic carbocycles. The maximum absolute atomic E-state index is 11.8. The lowest BCUT2D eigenvalue weighted by Crippen LogP contribution is -2.30. The smallest absolute Gasteiger partial charge is 0.257 e. The standard InChI is InChI=1S/C18H20ClNO3/c1-22-16-10-4-5-11-17(16)23-13-18(21)20-12-6-8-14-7-2-3-9-15(14)19/h2-5,7,9-11H,6,8,12-13H2,1H3,(H,20,21). The molecule has 0 aliphatic carbocycles. The molecule has 5 heteroatoms. The van der Waals surface area contributed by atoms with E-state index >= 15 is 0 Å². The van der Waals surface area contributed by atoms with Crippen LogP contribution in [0, 0.1) is 0 Å². The van der Waals surface area contributed by atoms with Crippen molar-refractivity contribution in [1.82, 2.24) is 5.32 Å². The van der Waals surface area contributed by atoms with E-state index in [0.717, 1.165) is 23.4 Å². The topological polar surface area (TPSA) is 47.6 Å². The average Bonchev–Trinajstić information content (AvgIpc) is 2.58. The number of benzene rings is 2. The summed E-state index contributed by atoms with van der Waals surface area (Å²) in [5, 5.41) is 3.59. The Morgan fingerprint density at radius 1 is 1.09 bits per heavy atom. The second-order valence-electron chi connectivity index (χ2n) is 4.98. The van der Waals surface area contributed by atoms with Crippen LogP contribution in [0.15, 0.2) is 48.5 Å². The molecule has 0 aliphatic rings. The molecule has 0 aromatic heterocycles. The number of para-hydroxylation sites is 2. The van der Waals surface area contributed by atoms with E-state index in [-0.39, 0.29) is 12.5 Å². The van der Waals surface area contributed by atoms with Gasteiger partial charge >= 0.3 is 0 Å². The summed E-state index contributed by atoms with van der Waals surface area (Å²) in [5.74, 6) is 1.01. The SMILES string of the molecule is COc1ccccc1OCC(=O)NCCCc1ccccc1Cl. The van der Waals surface area contributed by atoms with Crippen LogP contribution in [0.25, 0.3) is 0 Å². The predicted molar refractivity (Wildman–Crippen MR) is 91.3 cm³/mol. The summed E-state index contributed by atoms with van der Waals surface area (Å²) in [6, 6.07) is 15.0. The Morgan fingerprint density at radius 3 is 2.52 bits per heavy atom. The molecule has 0 bridgehead atoms. The summed E-state index contributed by atoms with van der Waals surface area (Å²) in [5.41, 5.74) is 1.09. The molecule has 0 saturated heterocycles. The Hall–Kier alpha value is -2.20. The van der Waals surface area contributed by atoms with Crippen molar-refractivity contribution in [3.63, 3.8) is 0 Å². The Bertz CT molecular complexity index is 646. The van der Waals surface area contributed by atoms with Crippen LogP contribution in [-0.2, 0) is 11.2 Å². The van der Waals surface area contributed by atoms with Crippen molar-refractivity contribution in [3.8, 4) is 11.5 Å². The van der Waals surface area contributed by atoms with Gasteiger partial charge in [-0.1, -0.05) is 41.9 Å². The average molecular weight is 334 g/mol. The zero-order chi connectivity index (χ0) is 16.5. The van der Waals surface area contributed by atoms with Gasteiger partial charge in [-0.25, -0.2) is 0 Å². The van der Waals surface area contributed by atoms with Gasteiger partial charge in [-0.2, -0.15) is 0 Å². The lowest BCUT2D eigenvalue weighted by Gasteiger charge is -2.10. The van der Waals surface area contributed by atoms with Gasteiger partial charge in [-0.15, -0.1) is 0 Å². The Kier molecular flexibility index (Phi) is 6.76. The van der Waals surface area contributed by atoms with E-state index in [2.05, 4.69) is 5.32 Å². The molecule has 23 heavy (non-hydrogen) atoms. The number of hydrogen-bond acceptors (Lipinski definition) is 3. The molecule has 2 rings (SSSR count). The molecule has 0 aliphatic heterocycles. The number of rotatable bonds is 8. The zero-order valence-corrected chi connectivity index (χ0v) is 13.8. The fourth-order valence-corrected chi connectivity index (χ4v) is 2.37. The molecule has 4 nitrogen and oxygen atoms in total. The number of aryl methyl sites for hydroxylation is 1. The van der Waals surface area contributed by atoms with Gasteiger partial charge in [0.15, 0.2) is 18.1 Å². The van der Waals surface area contributed by atoms with Gasteiger partial charge in [0.1, 0.15) is 0 Å². The van der Waals surface area contributed by atoms with Crippen molar-refractivity contribution in [1.29, 1.82) is 0 Å². The molecule has 0 fully saturated rings. The molecular weight excluding hydrogens is 314 g/mol. The molecule has 0 atom stereocenters. The number of amides is 1. The number of ether oxygens (including phenoxy) is 2. The van der Waals surface area contributed by atoms with E-state index in [0.29, 0.717) is 18.0 Å². The largest absolute Gasteiger partial charge is 0.493 e. The van der Waals surface area contributed by atoms with E-state index in [4.69, 9.17) is 21.1 Å². The number of carbonyl (C=O) groups is 1. The molecule has 1 amide bonds. The third-order valence-electron chi connectivity index (χ3n) is 3.33. The first-order valence-corrected chi connectivity index (χ1v) is 7.84. The minimum Gasteiger partial charge on any atom is -0.493 e. The fourth-order valence-electron chi connectivity index (χ4n) is 2.14. The van der Waals surface area contributed by atoms with Crippen molar-refractivity contribution in [2.75, 3.05) is 20.3 Å². The van der Waals surface area contributed by atoms with Crippen molar-refractivity contribution in [2.45, 2.75) is 12.8 Å². The first-order valence-electron chi connectivity index (χ1n) is 7.46. The van der Waals surface area contributed by atoms with Gasteiger partial charge in [0.2, 0.25) is 0 Å². The van der Waals surface area contributed by atoms with Gasteiger partial charge in [0.05, 0.1) is 7.11 Å². The Balaban J connectivity index is 1.68. The second-order valence-corrected chi connectivity index (χ2v) is 5.39. The van der Waals surface area contributed by atoms with Gasteiger partial charge in [-0.3, -0.25) is 4.79 Å². The van der Waals surface area contributed by atoms with Crippen molar-refractivity contribution < 1.29 is 14.3 Å². The van der Waals surface area contributed by atoms with Crippen LogP contribution in [0.3, 0.4) is 0 Å². The highest BCUT2D eigenvalue weighted by Crippen LogP contribution is 2.25. The Labute approximate surface area is 141 Å². The molecule has 0 unspecified atom stereocenters. The van der Waals surface area contributed by atoms with Crippen LogP contribution in [-0.4, -0.2) is 26.2 Å². The number of carbonyl (C=O) groups excluding carboxylic acids is 1. The minimum atomic E-state index is -0.157. The van der Waals surface area contributed by atoms with Crippen LogP contribution in [0.5, 0.6) is 11.5 Å². The molecule has 0 spiro atoms. The lowest BCUT2D eigenvalue weighted by molar-refractivity contribution is -0.123. The number of halogens is 1. The Morgan fingerprint density at radius 2 is 1.78 bits per heavy atom. The molecule has 0 heterocycles. The maximum Gasteiger partial charge on any atom is 0.257 e. The summed E-state index contributed by atoms with van der Waals surface area (Å²) >= 11 is 6.09. The van der Waals surface area contributed by atoms with E-state index in [9.17, 15) is 4.79 Å².